The molecule has 11 nitrogen and oxygen atoms in total. The van der Waals surface area contributed by atoms with Crippen molar-refractivity contribution in [1.29, 1.82) is 0 Å². The van der Waals surface area contributed by atoms with Crippen LogP contribution in [0.4, 0.5) is 5.69 Å². The molecule has 2 heterocycles. The van der Waals surface area contributed by atoms with Crippen molar-refractivity contribution in [1.82, 2.24) is 10.2 Å². The van der Waals surface area contributed by atoms with Crippen molar-refractivity contribution in [2.75, 3.05) is 18.9 Å². The Hall–Kier alpha value is -3.77. The Bertz CT molecular complexity index is 1180. The number of benzene rings is 2. The van der Waals surface area contributed by atoms with Crippen LogP contribution in [0.1, 0.15) is 24.0 Å². The molecule has 2 aliphatic rings. The van der Waals surface area contributed by atoms with E-state index in [1.54, 1.807) is 0 Å². The third-order valence-corrected chi connectivity index (χ3v) is 7.52. The first-order valence-electron chi connectivity index (χ1n) is 12.1. The number of carbonyl (C=O) groups is 4. The van der Waals surface area contributed by atoms with E-state index in [1.807, 2.05) is 30.3 Å². The first-order chi connectivity index (χ1) is 18.3. The van der Waals surface area contributed by atoms with Gasteiger partial charge >= 0.3 is 5.97 Å². The Morgan fingerprint density at radius 3 is 2.50 bits per heavy atom. The van der Waals surface area contributed by atoms with Crippen LogP contribution in [-0.2, 0) is 41.7 Å². The largest absolute Gasteiger partial charge is 0.459 e. The number of likely N-dealkylation sites (tertiary alicyclic amines) is 1. The maximum atomic E-state index is 12.9. The van der Waals surface area contributed by atoms with E-state index in [4.69, 9.17) is 9.47 Å². The minimum absolute atomic E-state index is 0.0714. The van der Waals surface area contributed by atoms with Crippen LogP contribution in [0.3, 0.4) is 0 Å². The number of nitrogens with one attached hydrogen (secondary N) is 1. The van der Waals surface area contributed by atoms with Gasteiger partial charge in [0.1, 0.15) is 30.7 Å². The molecule has 2 aliphatic heterocycles. The molecule has 2 aromatic carbocycles. The summed E-state index contributed by atoms with van der Waals surface area (Å²) in [6.07, 6.45) is 1.09. The number of carbonyl (C=O) groups excluding carboxylic acids is 4. The predicted molar refractivity (Wildman–Crippen MR) is 137 cm³/mol. The quantitative estimate of drug-likeness (QED) is 0.185. The molecule has 200 valence electrons. The number of nitro groups is 1. The van der Waals surface area contributed by atoms with Crippen LogP contribution >= 0.6 is 11.8 Å². The van der Waals surface area contributed by atoms with E-state index >= 15 is 0 Å². The number of Topliss-reactive ketones (excluding diaryl/α,β-unsaturated/α-hetero) is 1. The van der Waals surface area contributed by atoms with Gasteiger partial charge in [-0.05, 0) is 36.1 Å². The molecule has 0 radical (unpaired) electrons. The first kappa shape index (κ1) is 27.3. The molecule has 0 aliphatic carbocycles. The van der Waals surface area contributed by atoms with Crippen LogP contribution in [-0.4, -0.2) is 69.8 Å². The number of esters is 1. The van der Waals surface area contributed by atoms with Crippen LogP contribution in [0.15, 0.2) is 54.6 Å². The molecule has 12 heteroatoms. The van der Waals surface area contributed by atoms with E-state index in [0.29, 0.717) is 18.6 Å². The second kappa shape index (κ2) is 12.7. The van der Waals surface area contributed by atoms with Crippen molar-refractivity contribution in [3.8, 4) is 0 Å². The van der Waals surface area contributed by atoms with Crippen LogP contribution in [0.25, 0.3) is 0 Å². The molecule has 1 N–H and O–H groups in total. The van der Waals surface area contributed by atoms with Gasteiger partial charge in [-0.3, -0.25) is 29.3 Å². The van der Waals surface area contributed by atoms with Gasteiger partial charge in [0.05, 0.1) is 17.1 Å². The summed E-state index contributed by atoms with van der Waals surface area (Å²) >= 11 is 1.18. The highest BCUT2D eigenvalue weighted by Gasteiger charge is 2.49. The van der Waals surface area contributed by atoms with Crippen LogP contribution in [0.5, 0.6) is 0 Å². The first-order valence-corrected chi connectivity index (χ1v) is 13.2. The Morgan fingerprint density at radius 1 is 1.11 bits per heavy atom. The summed E-state index contributed by atoms with van der Waals surface area (Å²) in [5.41, 5.74) is 1.27. The van der Waals surface area contributed by atoms with Gasteiger partial charge < -0.3 is 19.7 Å². The van der Waals surface area contributed by atoms with Crippen molar-refractivity contribution in [3.05, 3.63) is 75.8 Å². The Kier molecular flexibility index (Phi) is 9.08. The zero-order chi connectivity index (χ0) is 27.1. The summed E-state index contributed by atoms with van der Waals surface area (Å²) in [7, 11) is 0. The predicted octanol–water partition coefficient (Wildman–Crippen LogP) is 2.02. The molecule has 2 fully saturated rings. The van der Waals surface area contributed by atoms with Crippen molar-refractivity contribution < 1.29 is 33.6 Å². The van der Waals surface area contributed by atoms with Crippen molar-refractivity contribution in [3.63, 3.8) is 0 Å². The Labute approximate surface area is 223 Å². The number of ether oxygens (including phenoxy) is 2. The van der Waals surface area contributed by atoms with Gasteiger partial charge in [-0.25, -0.2) is 0 Å². The van der Waals surface area contributed by atoms with Crippen LogP contribution in [0.2, 0.25) is 0 Å². The molecule has 38 heavy (non-hydrogen) atoms. The topological polar surface area (TPSA) is 145 Å². The molecule has 3 atom stereocenters. The summed E-state index contributed by atoms with van der Waals surface area (Å²) < 4.78 is 10.7. The monoisotopic (exact) mass is 541 g/mol. The van der Waals surface area contributed by atoms with E-state index < -0.39 is 34.3 Å². The standard InChI is InChI=1S/C26H27N3O8S/c30-20(21-7-4-12-36-21)16-38-26-24(27-22(31)13-17-5-2-1-3-6-17)25(33)28(26)14-23(32)37-15-18-8-10-19(11-9-18)29(34)35/h1-3,5-6,8-11,21,24,26H,4,7,12-16H2,(H,27,31)/t21-,24+,26+/m0/s1. The minimum Gasteiger partial charge on any atom is -0.459 e. The number of nitrogens with zero attached hydrogens (tertiary/aromatic N) is 2. The molecular weight excluding hydrogens is 514 g/mol. The smallest absolute Gasteiger partial charge is 0.326 e. The summed E-state index contributed by atoms with van der Waals surface area (Å²) in [6.45, 7) is 0.0575. The zero-order valence-corrected chi connectivity index (χ0v) is 21.3. The molecule has 0 spiro atoms. The fourth-order valence-corrected chi connectivity index (χ4v) is 5.43. The van der Waals surface area contributed by atoms with Crippen molar-refractivity contribution in [2.45, 2.75) is 43.4 Å². The molecule has 0 aromatic heterocycles. The third kappa shape index (κ3) is 6.95. The molecule has 2 aromatic rings. The third-order valence-electron chi connectivity index (χ3n) is 6.20. The van der Waals surface area contributed by atoms with Gasteiger partial charge in [0.25, 0.3) is 5.69 Å². The fourth-order valence-electron chi connectivity index (χ4n) is 4.17. The number of amides is 2. The highest BCUT2D eigenvalue weighted by Crippen LogP contribution is 2.31. The van der Waals surface area contributed by atoms with Gasteiger partial charge in [-0.2, -0.15) is 0 Å². The average Bonchev–Trinajstić information content (AvgIpc) is 3.46. The number of thioether (sulfide) groups is 1. The lowest BCUT2D eigenvalue weighted by Crippen LogP contribution is -2.70. The van der Waals surface area contributed by atoms with E-state index in [1.165, 1.54) is 40.9 Å². The molecular formula is C26H27N3O8S. The Morgan fingerprint density at radius 2 is 1.84 bits per heavy atom. The Balaban J connectivity index is 1.34. The van der Waals surface area contributed by atoms with Crippen LogP contribution in [0, 0.1) is 10.1 Å². The minimum atomic E-state index is -0.879. The molecule has 0 unspecified atom stereocenters. The van der Waals surface area contributed by atoms with Gasteiger partial charge in [0.2, 0.25) is 11.8 Å². The lowest BCUT2D eigenvalue weighted by atomic mass is 10.1. The number of non-ortho nitro benzene ring substituents is 1. The number of β-lactam (4-membered cyclic amide) rings is 1. The number of hydrogen-bond donors (Lipinski definition) is 1. The molecule has 2 amide bonds. The van der Waals surface area contributed by atoms with Crippen LogP contribution < -0.4 is 5.32 Å². The molecule has 0 bridgehead atoms. The summed E-state index contributed by atoms with van der Waals surface area (Å²) in [5, 5.41) is 12.9. The van der Waals surface area contributed by atoms with E-state index in [-0.39, 0.29) is 42.7 Å². The lowest BCUT2D eigenvalue weighted by molar-refractivity contribution is -0.384. The highest BCUT2D eigenvalue weighted by molar-refractivity contribution is 8.00. The zero-order valence-electron chi connectivity index (χ0n) is 20.4. The highest BCUT2D eigenvalue weighted by atomic mass is 32.2. The average molecular weight is 542 g/mol. The molecule has 0 saturated carbocycles. The number of rotatable bonds is 12. The van der Waals surface area contributed by atoms with Gasteiger partial charge in [0, 0.05) is 18.7 Å². The van der Waals surface area contributed by atoms with Gasteiger partial charge in [-0.1, -0.05) is 30.3 Å². The lowest BCUT2D eigenvalue weighted by Gasteiger charge is -2.46. The van der Waals surface area contributed by atoms with E-state index in [9.17, 15) is 29.3 Å². The SMILES string of the molecule is O=C(Cc1ccccc1)N[C@@H]1C(=O)N(CC(=O)OCc2ccc([N+](=O)[O-])cc2)[C@@H]1SCC(=O)[C@@H]1CCCO1. The molecule has 4 rings (SSSR count). The van der Waals surface area contributed by atoms with Crippen molar-refractivity contribution in [2.24, 2.45) is 0 Å². The molecule has 2 saturated heterocycles. The normalized spacial score (nSPS) is 20.5. The number of hydrogen-bond acceptors (Lipinski definition) is 9. The van der Waals surface area contributed by atoms with E-state index in [0.717, 1.165) is 12.0 Å². The maximum absolute atomic E-state index is 12.9. The maximum Gasteiger partial charge on any atom is 0.326 e. The summed E-state index contributed by atoms with van der Waals surface area (Å²) in [4.78, 5) is 62.0. The second-order valence-corrected chi connectivity index (χ2v) is 10.0. The summed E-state index contributed by atoms with van der Waals surface area (Å²) in [6, 6.07) is 13.8. The second-order valence-electron chi connectivity index (χ2n) is 8.93. The number of nitro benzene ring substituents is 1. The van der Waals surface area contributed by atoms with Crippen molar-refractivity contribution >= 4 is 41.0 Å². The van der Waals surface area contributed by atoms with Gasteiger partial charge in [0.15, 0.2) is 5.78 Å². The summed E-state index contributed by atoms with van der Waals surface area (Å²) in [5.74, 6) is -1.49. The fraction of sp³-hybridized carbons (Fsp3) is 0.385. The van der Waals surface area contributed by atoms with Gasteiger partial charge in [-0.15, -0.1) is 11.8 Å². The number of ketones is 1. The van der Waals surface area contributed by atoms with E-state index in [2.05, 4.69) is 5.32 Å².